The van der Waals surface area contributed by atoms with E-state index in [1.54, 1.807) is 0 Å². The molecule has 2 amide bonds. The smallest absolute Gasteiger partial charge is 0.306 e. The predicted molar refractivity (Wildman–Crippen MR) is 187 cm³/mol. The van der Waals surface area contributed by atoms with E-state index in [0.29, 0.717) is 12.8 Å². The second kappa shape index (κ2) is 22.3. The van der Waals surface area contributed by atoms with Crippen molar-refractivity contribution >= 4 is 17.8 Å². The van der Waals surface area contributed by atoms with Gasteiger partial charge in [-0.2, -0.15) is 0 Å². The van der Waals surface area contributed by atoms with Crippen LogP contribution in [-0.4, -0.2) is 49.1 Å². The van der Waals surface area contributed by atoms with E-state index in [0.717, 1.165) is 43.0 Å². The van der Waals surface area contributed by atoms with Gasteiger partial charge in [0.15, 0.2) is 6.10 Å². The van der Waals surface area contributed by atoms with Crippen LogP contribution in [0, 0.1) is 17.0 Å². The van der Waals surface area contributed by atoms with Crippen molar-refractivity contribution in [3.63, 3.8) is 0 Å². The zero-order valence-electron chi connectivity index (χ0n) is 29.2. The number of unbranched alkanes of at least 4 members (excludes halogenated alkanes) is 9. The molecular formula is C38H58F2N4O4. The normalized spacial score (nSPS) is 13.4. The number of esters is 1. The SMILES string of the molecule is CCCCCCCCCCCCC(=O)OC(C(=O)NCC(C)(C)CNC(=O)CC(N)Cc1cc(F)ccc1F)C(N)Cc1ccccc1. The van der Waals surface area contributed by atoms with Gasteiger partial charge < -0.3 is 26.8 Å². The third-order valence-electron chi connectivity index (χ3n) is 8.40. The fourth-order valence-electron chi connectivity index (χ4n) is 5.48. The van der Waals surface area contributed by atoms with Gasteiger partial charge in [0.1, 0.15) is 11.6 Å². The minimum atomic E-state index is -1.17. The van der Waals surface area contributed by atoms with Crippen molar-refractivity contribution in [3.05, 3.63) is 71.3 Å². The molecule has 6 N–H and O–H groups in total. The van der Waals surface area contributed by atoms with Gasteiger partial charge in [-0.25, -0.2) is 8.78 Å². The molecule has 0 bridgehead atoms. The molecule has 48 heavy (non-hydrogen) atoms. The summed E-state index contributed by atoms with van der Waals surface area (Å²) in [4.78, 5) is 38.8. The Morgan fingerprint density at radius 2 is 1.42 bits per heavy atom. The predicted octanol–water partition coefficient (Wildman–Crippen LogP) is 6.28. The lowest BCUT2D eigenvalue weighted by Crippen LogP contribution is -2.52. The number of halogens is 2. The summed E-state index contributed by atoms with van der Waals surface area (Å²) in [6.07, 6.45) is 10.8. The molecular weight excluding hydrogens is 614 g/mol. The second-order valence-electron chi connectivity index (χ2n) is 13.8. The maximum atomic E-state index is 14.0. The average Bonchev–Trinajstić information content (AvgIpc) is 3.04. The van der Waals surface area contributed by atoms with Crippen molar-refractivity contribution in [2.45, 2.75) is 129 Å². The molecule has 2 rings (SSSR count). The quantitative estimate of drug-likeness (QED) is 0.0766. The Morgan fingerprint density at radius 1 is 0.812 bits per heavy atom. The van der Waals surface area contributed by atoms with Crippen LogP contribution in [0.3, 0.4) is 0 Å². The molecule has 0 aliphatic rings. The highest BCUT2D eigenvalue weighted by Gasteiger charge is 2.31. The first-order valence-electron chi connectivity index (χ1n) is 17.6. The van der Waals surface area contributed by atoms with E-state index in [-0.39, 0.29) is 43.8 Å². The van der Waals surface area contributed by atoms with E-state index >= 15 is 0 Å². The molecule has 0 aromatic heterocycles. The maximum absolute atomic E-state index is 14.0. The number of amides is 2. The molecule has 0 fully saturated rings. The number of carbonyl (C=O) groups is 3. The van der Waals surface area contributed by atoms with Crippen LogP contribution in [0.1, 0.15) is 109 Å². The van der Waals surface area contributed by atoms with Crippen molar-refractivity contribution in [3.8, 4) is 0 Å². The fraction of sp³-hybridized carbons (Fsp3) is 0.605. The first kappa shape index (κ1) is 40.8. The number of carbonyl (C=O) groups excluding carboxylic acids is 3. The summed E-state index contributed by atoms with van der Waals surface area (Å²) in [7, 11) is 0. The molecule has 0 saturated heterocycles. The summed E-state index contributed by atoms with van der Waals surface area (Å²) in [6, 6.07) is 11.2. The van der Waals surface area contributed by atoms with Crippen molar-refractivity contribution in [1.29, 1.82) is 0 Å². The Balaban J connectivity index is 1.84. The molecule has 0 aliphatic heterocycles. The number of rotatable bonds is 24. The van der Waals surface area contributed by atoms with Crippen LogP contribution in [0.5, 0.6) is 0 Å². The number of benzene rings is 2. The van der Waals surface area contributed by atoms with Crippen LogP contribution in [-0.2, 0) is 32.0 Å². The number of hydrogen-bond donors (Lipinski definition) is 4. The Kier molecular flexibility index (Phi) is 19.0. The van der Waals surface area contributed by atoms with Crippen molar-refractivity contribution < 1.29 is 27.9 Å². The summed E-state index contributed by atoms with van der Waals surface area (Å²) in [5, 5.41) is 5.67. The lowest BCUT2D eigenvalue weighted by molar-refractivity contribution is -0.157. The summed E-state index contributed by atoms with van der Waals surface area (Å²) in [6.45, 7) is 6.34. The maximum Gasteiger partial charge on any atom is 0.306 e. The fourth-order valence-corrected chi connectivity index (χ4v) is 5.48. The van der Waals surface area contributed by atoms with E-state index in [1.807, 2.05) is 44.2 Å². The third-order valence-corrected chi connectivity index (χ3v) is 8.40. The van der Waals surface area contributed by atoms with Gasteiger partial charge in [-0.3, -0.25) is 14.4 Å². The van der Waals surface area contributed by atoms with Gasteiger partial charge in [-0.15, -0.1) is 0 Å². The van der Waals surface area contributed by atoms with E-state index in [1.165, 1.54) is 38.5 Å². The van der Waals surface area contributed by atoms with Crippen molar-refractivity contribution in [1.82, 2.24) is 10.6 Å². The zero-order valence-corrected chi connectivity index (χ0v) is 29.2. The second-order valence-corrected chi connectivity index (χ2v) is 13.8. The average molecular weight is 673 g/mol. The highest BCUT2D eigenvalue weighted by atomic mass is 19.1. The highest BCUT2D eigenvalue weighted by molar-refractivity contribution is 5.84. The molecule has 0 saturated carbocycles. The number of nitrogens with one attached hydrogen (secondary N) is 2. The van der Waals surface area contributed by atoms with Crippen molar-refractivity contribution in [2.24, 2.45) is 16.9 Å². The first-order chi connectivity index (χ1) is 22.9. The highest BCUT2D eigenvalue weighted by Crippen LogP contribution is 2.16. The van der Waals surface area contributed by atoms with Gasteiger partial charge in [0.05, 0.1) is 6.04 Å². The standard InChI is InChI=1S/C38H58F2N4O4/c1-4-5-6-7-8-9-10-11-12-16-19-35(46)48-36(33(42)22-28-17-14-13-15-18-28)37(47)44-27-38(2,3)26-43-34(45)25-31(41)24-29-23-30(39)20-21-32(29)40/h13-15,17-18,20-21,23,31,33,36H,4-12,16,19,22,24-27,41-42H2,1-3H3,(H,43,45)(H,44,47). The zero-order chi connectivity index (χ0) is 35.4. The topological polar surface area (TPSA) is 137 Å². The van der Waals surface area contributed by atoms with Gasteiger partial charge in [-0.1, -0.05) is 109 Å². The third kappa shape index (κ3) is 17.2. The minimum Gasteiger partial charge on any atom is -0.451 e. The van der Waals surface area contributed by atoms with E-state index in [4.69, 9.17) is 16.2 Å². The van der Waals surface area contributed by atoms with Crippen molar-refractivity contribution in [2.75, 3.05) is 13.1 Å². The van der Waals surface area contributed by atoms with E-state index in [2.05, 4.69) is 17.6 Å². The van der Waals surface area contributed by atoms with Gasteiger partial charge in [0, 0.05) is 32.0 Å². The van der Waals surface area contributed by atoms with Crippen LogP contribution >= 0.6 is 0 Å². The molecule has 3 atom stereocenters. The molecule has 0 aliphatic carbocycles. The van der Waals surface area contributed by atoms with E-state index < -0.39 is 47.1 Å². The largest absolute Gasteiger partial charge is 0.451 e. The van der Waals surface area contributed by atoms with Crippen LogP contribution in [0.2, 0.25) is 0 Å². The summed E-state index contributed by atoms with van der Waals surface area (Å²) in [5.74, 6) is -2.43. The summed E-state index contributed by atoms with van der Waals surface area (Å²) < 4.78 is 33.1. The van der Waals surface area contributed by atoms with Crippen LogP contribution in [0.25, 0.3) is 0 Å². The number of nitrogens with two attached hydrogens (primary N) is 2. The van der Waals surface area contributed by atoms with Crippen LogP contribution < -0.4 is 22.1 Å². The monoisotopic (exact) mass is 672 g/mol. The molecule has 2 aromatic rings. The van der Waals surface area contributed by atoms with Gasteiger partial charge in [0.2, 0.25) is 5.91 Å². The number of hydrogen-bond acceptors (Lipinski definition) is 6. The molecule has 268 valence electrons. The molecule has 3 unspecified atom stereocenters. The molecule has 10 heteroatoms. The van der Waals surface area contributed by atoms with Crippen LogP contribution in [0.4, 0.5) is 8.78 Å². The first-order valence-corrected chi connectivity index (χ1v) is 17.6. The minimum absolute atomic E-state index is 0.0129. The summed E-state index contributed by atoms with van der Waals surface area (Å²) in [5.41, 5.74) is 13.0. The number of ether oxygens (including phenoxy) is 1. The molecule has 8 nitrogen and oxygen atoms in total. The Hall–Kier alpha value is -3.37. The lowest BCUT2D eigenvalue weighted by atomic mass is 9.92. The summed E-state index contributed by atoms with van der Waals surface area (Å²) >= 11 is 0. The Morgan fingerprint density at radius 3 is 2.06 bits per heavy atom. The Labute approximate surface area is 286 Å². The molecule has 0 spiro atoms. The van der Waals surface area contributed by atoms with Gasteiger partial charge in [-0.05, 0) is 54.0 Å². The van der Waals surface area contributed by atoms with Gasteiger partial charge >= 0.3 is 5.97 Å². The molecule has 0 heterocycles. The van der Waals surface area contributed by atoms with Crippen LogP contribution in [0.15, 0.2) is 48.5 Å². The Bertz CT molecular complexity index is 1240. The van der Waals surface area contributed by atoms with Gasteiger partial charge in [0.25, 0.3) is 5.91 Å². The molecule has 2 aromatic carbocycles. The van der Waals surface area contributed by atoms with E-state index in [9.17, 15) is 23.2 Å². The molecule has 0 radical (unpaired) electrons. The lowest BCUT2D eigenvalue weighted by Gasteiger charge is -2.28.